The zero-order chi connectivity index (χ0) is 18.0. The first-order valence-corrected chi connectivity index (χ1v) is 8.93. The maximum atomic E-state index is 11.6. The van der Waals surface area contributed by atoms with Crippen molar-refractivity contribution < 1.29 is 9.90 Å². The molecule has 3 aromatic heterocycles. The Morgan fingerprint density at radius 3 is 2.80 bits per heavy atom. The molecule has 3 heterocycles. The van der Waals surface area contributed by atoms with Crippen molar-refractivity contribution in [2.24, 2.45) is 5.92 Å². The Labute approximate surface area is 150 Å². The van der Waals surface area contributed by atoms with Crippen LogP contribution in [0.2, 0.25) is 0 Å². The van der Waals surface area contributed by atoms with E-state index in [1.165, 1.54) is 0 Å². The van der Waals surface area contributed by atoms with Gasteiger partial charge >= 0.3 is 5.97 Å². The number of fused-ring (bicyclic) bond motifs is 1. The van der Waals surface area contributed by atoms with Crippen molar-refractivity contribution >= 4 is 33.3 Å². The highest BCUT2D eigenvalue weighted by molar-refractivity contribution is 7.18. The molecule has 0 fully saturated rings. The number of rotatable bonds is 6. The number of hydrogen-bond donors (Lipinski definition) is 2. The zero-order valence-corrected chi connectivity index (χ0v) is 15.2. The van der Waals surface area contributed by atoms with E-state index in [-0.39, 0.29) is 5.92 Å². The summed E-state index contributed by atoms with van der Waals surface area (Å²) in [6.07, 6.45) is 3.92. The van der Waals surface area contributed by atoms with Gasteiger partial charge in [0, 0.05) is 22.8 Å². The van der Waals surface area contributed by atoms with Gasteiger partial charge in [-0.2, -0.15) is 0 Å². The van der Waals surface area contributed by atoms with Crippen LogP contribution in [0, 0.1) is 12.8 Å². The number of anilines is 1. The molecular weight excluding hydrogens is 336 g/mol. The Kier molecular flexibility index (Phi) is 4.94. The molecule has 3 rings (SSSR count). The van der Waals surface area contributed by atoms with Gasteiger partial charge in [0.1, 0.15) is 16.7 Å². The van der Waals surface area contributed by atoms with E-state index in [1.807, 2.05) is 39.0 Å². The summed E-state index contributed by atoms with van der Waals surface area (Å²) < 4.78 is 0. The molecule has 0 amide bonds. The lowest BCUT2D eigenvalue weighted by atomic mass is 10.0. The van der Waals surface area contributed by atoms with Crippen LogP contribution in [0.1, 0.15) is 25.1 Å². The smallest absolute Gasteiger partial charge is 0.326 e. The summed E-state index contributed by atoms with van der Waals surface area (Å²) in [4.78, 5) is 26.9. The lowest BCUT2D eigenvalue weighted by Crippen LogP contribution is -2.31. The Morgan fingerprint density at radius 2 is 2.16 bits per heavy atom. The molecule has 0 bridgehead atoms. The summed E-state index contributed by atoms with van der Waals surface area (Å²) in [5, 5.41) is 13.5. The van der Waals surface area contributed by atoms with Gasteiger partial charge in [-0.05, 0) is 37.5 Å². The van der Waals surface area contributed by atoms with Gasteiger partial charge in [-0.15, -0.1) is 11.3 Å². The molecule has 0 saturated heterocycles. The van der Waals surface area contributed by atoms with Gasteiger partial charge in [-0.25, -0.2) is 14.8 Å². The summed E-state index contributed by atoms with van der Waals surface area (Å²) >= 11 is 1.57. The van der Waals surface area contributed by atoms with Crippen molar-refractivity contribution in [3.63, 3.8) is 0 Å². The number of aromatic nitrogens is 3. The molecular formula is C18H20N4O2S. The van der Waals surface area contributed by atoms with Crippen LogP contribution in [0.5, 0.6) is 0 Å². The van der Waals surface area contributed by atoms with Crippen LogP contribution >= 0.6 is 11.3 Å². The number of pyridine rings is 1. The quantitative estimate of drug-likeness (QED) is 0.695. The highest BCUT2D eigenvalue weighted by atomic mass is 32.1. The number of thiophene rings is 1. The summed E-state index contributed by atoms with van der Waals surface area (Å²) in [5.41, 5.74) is 0.800. The fourth-order valence-electron chi connectivity index (χ4n) is 2.63. The topological polar surface area (TPSA) is 88.0 Å². The predicted octanol–water partition coefficient (Wildman–Crippen LogP) is 3.97. The van der Waals surface area contributed by atoms with Gasteiger partial charge in [-0.1, -0.05) is 13.8 Å². The van der Waals surface area contributed by atoms with Crippen LogP contribution in [0.15, 0.2) is 30.6 Å². The van der Waals surface area contributed by atoms with E-state index < -0.39 is 12.0 Å². The third-order valence-corrected chi connectivity index (χ3v) is 4.70. The van der Waals surface area contributed by atoms with Crippen LogP contribution in [-0.2, 0) is 4.79 Å². The summed E-state index contributed by atoms with van der Waals surface area (Å²) in [6, 6.07) is 5.01. The molecule has 2 N–H and O–H groups in total. The van der Waals surface area contributed by atoms with Gasteiger partial charge < -0.3 is 10.4 Å². The minimum Gasteiger partial charge on any atom is -0.480 e. The SMILES string of the molecule is Cc1cc2c(NC(CC(C)C)C(=O)O)nc(-c3cccnc3)nc2s1. The first-order valence-electron chi connectivity index (χ1n) is 8.12. The lowest BCUT2D eigenvalue weighted by Gasteiger charge is -2.18. The lowest BCUT2D eigenvalue weighted by molar-refractivity contribution is -0.138. The first kappa shape index (κ1) is 17.3. The molecule has 7 heteroatoms. The number of aliphatic carboxylic acids is 1. The minimum atomic E-state index is -0.879. The van der Waals surface area contributed by atoms with Crippen molar-refractivity contribution in [3.8, 4) is 11.4 Å². The largest absolute Gasteiger partial charge is 0.480 e. The second kappa shape index (κ2) is 7.14. The standard InChI is InChI=1S/C18H20N4O2S/c1-10(2)7-14(18(23)24)20-16-13-8-11(3)25-17(13)22-15(21-16)12-5-4-6-19-9-12/h4-6,8-10,14H,7H2,1-3H3,(H,23,24)(H,20,21,22). The van der Waals surface area contributed by atoms with Crippen molar-refractivity contribution in [1.82, 2.24) is 15.0 Å². The molecule has 0 radical (unpaired) electrons. The van der Waals surface area contributed by atoms with Crippen molar-refractivity contribution in [2.45, 2.75) is 33.2 Å². The van der Waals surface area contributed by atoms with Gasteiger partial charge in [0.2, 0.25) is 0 Å². The number of hydrogen-bond acceptors (Lipinski definition) is 6. The van der Waals surface area contributed by atoms with E-state index >= 15 is 0 Å². The minimum absolute atomic E-state index is 0.257. The second-order valence-electron chi connectivity index (χ2n) is 6.38. The van der Waals surface area contributed by atoms with Gasteiger partial charge in [0.25, 0.3) is 0 Å². The van der Waals surface area contributed by atoms with Crippen LogP contribution in [0.25, 0.3) is 21.6 Å². The van der Waals surface area contributed by atoms with Gasteiger partial charge in [-0.3, -0.25) is 4.98 Å². The summed E-state index contributed by atoms with van der Waals surface area (Å²) in [5.74, 6) is 0.475. The average Bonchev–Trinajstić information content (AvgIpc) is 2.95. The molecule has 0 aliphatic heterocycles. The van der Waals surface area contributed by atoms with E-state index in [0.717, 1.165) is 20.7 Å². The molecule has 0 spiro atoms. The van der Waals surface area contributed by atoms with Gasteiger partial charge in [0.15, 0.2) is 5.82 Å². The maximum Gasteiger partial charge on any atom is 0.326 e. The molecule has 0 aromatic carbocycles. The van der Waals surface area contributed by atoms with Crippen molar-refractivity contribution in [2.75, 3.05) is 5.32 Å². The van der Waals surface area contributed by atoms with E-state index in [0.29, 0.717) is 18.1 Å². The van der Waals surface area contributed by atoms with Crippen molar-refractivity contribution in [3.05, 3.63) is 35.5 Å². The monoisotopic (exact) mass is 356 g/mol. The second-order valence-corrected chi connectivity index (χ2v) is 7.61. The van der Waals surface area contributed by atoms with E-state index in [4.69, 9.17) is 0 Å². The number of nitrogens with zero attached hydrogens (tertiary/aromatic N) is 3. The predicted molar refractivity (Wildman–Crippen MR) is 99.9 cm³/mol. The number of carboxylic acid groups (broad SMARTS) is 1. The fraction of sp³-hybridized carbons (Fsp3) is 0.333. The maximum absolute atomic E-state index is 11.6. The molecule has 0 saturated carbocycles. The molecule has 0 aliphatic rings. The highest BCUT2D eigenvalue weighted by Crippen LogP contribution is 2.31. The zero-order valence-electron chi connectivity index (χ0n) is 14.4. The van der Waals surface area contributed by atoms with Crippen LogP contribution in [0.4, 0.5) is 5.82 Å². The Balaban J connectivity index is 2.07. The molecule has 25 heavy (non-hydrogen) atoms. The third-order valence-electron chi connectivity index (χ3n) is 3.75. The Morgan fingerprint density at radius 1 is 1.36 bits per heavy atom. The van der Waals surface area contributed by atoms with Crippen LogP contribution in [-0.4, -0.2) is 32.1 Å². The number of nitrogens with one attached hydrogen (secondary N) is 1. The summed E-state index contributed by atoms with van der Waals surface area (Å²) in [7, 11) is 0. The molecule has 1 unspecified atom stereocenters. The number of aryl methyl sites for hydroxylation is 1. The Hall–Kier alpha value is -2.54. The molecule has 1 atom stereocenters. The molecule has 0 aliphatic carbocycles. The average molecular weight is 356 g/mol. The third kappa shape index (κ3) is 3.93. The van der Waals surface area contributed by atoms with Crippen molar-refractivity contribution in [1.29, 1.82) is 0 Å². The Bertz CT molecular complexity index is 893. The number of carbonyl (C=O) groups is 1. The van der Waals surface area contributed by atoms with E-state index in [9.17, 15) is 9.90 Å². The highest BCUT2D eigenvalue weighted by Gasteiger charge is 2.21. The molecule has 130 valence electrons. The first-order chi connectivity index (χ1) is 11.9. The van der Waals surface area contributed by atoms with E-state index in [1.54, 1.807) is 23.7 Å². The normalized spacial score (nSPS) is 12.5. The molecule has 6 nitrogen and oxygen atoms in total. The molecule has 3 aromatic rings. The van der Waals surface area contributed by atoms with E-state index in [2.05, 4.69) is 20.3 Å². The fourth-order valence-corrected chi connectivity index (χ4v) is 3.51. The number of carboxylic acids is 1. The van der Waals surface area contributed by atoms with Gasteiger partial charge in [0.05, 0.1) is 5.39 Å². The van der Waals surface area contributed by atoms with Crippen LogP contribution in [0.3, 0.4) is 0 Å². The summed E-state index contributed by atoms with van der Waals surface area (Å²) in [6.45, 7) is 6.01. The van der Waals surface area contributed by atoms with Crippen LogP contribution < -0.4 is 5.32 Å².